The van der Waals surface area contributed by atoms with Crippen molar-refractivity contribution in [1.29, 1.82) is 0 Å². The van der Waals surface area contributed by atoms with Gasteiger partial charge in [-0.05, 0) is 12.1 Å². The zero-order valence-electron chi connectivity index (χ0n) is 10.6. The van der Waals surface area contributed by atoms with Crippen molar-refractivity contribution in [3.63, 3.8) is 0 Å². The Hall–Kier alpha value is -1.17. The lowest BCUT2D eigenvalue weighted by atomic mass is 10.1. The normalized spacial score (nSPS) is 19.5. The maximum absolute atomic E-state index is 5.49. The van der Waals surface area contributed by atoms with Crippen LogP contribution in [-0.2, 0) is 11.3 Å². The van der Waals surface area contributed by atoms with Crippen LogP contribution in [0.5, 0.6) is 0 Å². The largest absolute Gasteiger partial charge is 0.378 e. The molecule has 100 valence electrons. The summed E-state index contributed by atoms with van der Waals surface area (Å²) in [6.45, 7) is 3.36. The molecule has 1 N–H and O–H groups in total. The van der Waals surface area contributed by atoms with E-state index in [1.165, 1.54) is 5.56 Å². The summed E-state index contributed by atoms with van der Waals surface area (Å²) in [5, 5.41) is 3.46. The first-order chi connectivity index (χ1) is 9.33. The predicted octanol–water partition coefficient (Wildman–Crippen LogP) is 2.30. The van der Waals surface area contributed by atoms with Gasteiger partial charge in [-0.25, -0.2) is 4.98 Å². The highest BCUT2D eigenvalue weighted by Crippen LogP contribution is 2.23. The Morgan fingerprint density at radius 3 is 3.21 bits per heavy atom. The van der Waals surface area contributed by atoms with Crippen molar-refractivity contribution in [1.82, 2.24) is 14.9 Å². The van der Waals surface area contributed by atoms with Crippen molar-refractivity contribution in [2.24, 2.45) is 0 Å². The molecule has 3 rings (SSSR count). The molecule has 0 spiro atoms. The molecule has 1 unspecified atom stereocenters. The zero-order valence-corrected chi connectivity index (χ0v) is 12.1. The summed E-state index contributed by atoms with van der Waals surface area (Å²) in [7, 11) is 0. The van der Waals surface area contributed by atoms with Crippen molar-refractivity contribution in [3.05, 3.63) is 41.3 Å². The van der Waals surface area contributed by atoms with Gasteiger partial charge in [0.25, 0.3) is 0 Å². The zero-order chi connectivity index (χ0) is 13.1. The van der Waals surface area contributed by atoms with Crippen LogP contribution in [0.3, 0.4) is 0 Å². The van der Waals surface area contributed by atoms with Crippen LogP contribution in [-0.4, -0.2) is 35.4 Å². The Morgan fingerprint density at radius 1 is 1.47 bits per heavy atom. The van der Waals surface area contributed by atoms with Crippen molar-refractivity contribution in [2.45, 2.75) is 12.6 Å². The lowest BCUT2D eigenvalue weighted by Crippen LogP contribution is -2.43. The van der Waals surface area contributed by atoms with Crippen molar-refractivity contribution in [3.8, 4) is 11.3 Å². The highest BCUT2D eigenvalue weighted by Gasteiger charge is 2.15. The van der Waals surface area contributed by atoms with Gasteiger partial charge in [-0.1, -0.05) is 28.1 Å². The van der Waals surface area contributed by atoms with Gasteiger partial charge in [0.15, 0.2) is 0 Å². The van der Waals surface area contributed by atoms with Crippen LogP contribution in [0.2, 0.25) is 0 Å². The van der Waals surface area contributed by atoms with Gasteiger partial charge in [0, 0.05) is 29.2 Å². The van der Waals surface area contributed by atoms with E-state index >= 15 is 0 Å². The summed E-state index contributed by atoms with van der Waals surface area (Å²) in [6.07, 6.45) is 3.79. The number of halogens is 1. The van der Waals surface area contributed by atoms with Gasteiger partial charge in [0.05, 0.1) is 31.4 Å². The van der Waals surface area contributed by atoms with E-state index in [-0.39, 0.29) is 0 Å². The van der Waals surface area contributed by atoms with Crippen LogP contribution in [0, 0.1) is 0 Å². The molecule has 0 amide bonds. The lowest BCUT2D eigenvalue weighted by molar-refractivity contribution is 0.0715. The molecule has 1 atom stereocenters. The summed E-state index contributed by atoms with van der Waals surface area (Å²) in [5.41, 5.74) is 2.30. The van der Waals surface area contributed by atoms with Crippen molar-refractivity contribution >= 4 is 15.9 Å². The first-order valence-corrected chi connectivity index (χ1v) is 7.19. The van der Waals surface area contributed by atoms with Gasteiger partial charge < -0.3 is 14.6 Å². The molecule has 1 aromatic carbocycles. The molecule has 1 saturated heterocycles. The number of morpholine rings is 1. The number of benzene rings is 1. The topological polar surface area (TPSA) is 39.1 Å². The summed E-state index contributed by atoms with van der Waals surface area (Å²) in [5.74, 6) is 0. The molecule has 1 fully saturated rings. The van der Waals surface area contributed by atoms with E-state index in [0.717, 1.165) is 36.5 Å². The monoisotopic (exact) mass is 321 g/mol. The average molecular weight is 322 g/mol. The van der Waals surface area contributed by atoms with Crippen LogP contribution in [0.1, 0.15) is 0 Å². The molecule has 1 aromatic heterocycles. The van der Waals surface area contributed by atoms with E-state index in [9.17, 15) is 0 Å². The maximum atomic E-state index is 5.49. The van der Waals surface area contributed by atoms with Crippen LogP contribution in [0.25, 0.3) is 11.3 Å². The molecule has 0 bridgehead atoms. The van der Waals surface area contributed by atoms with Gasteiger partial charge in [-0.3, -0.25) is 0 Å². The van der Waals surface area contributed by atoms with Gasteiger partial charge in [0.1, 0.15) is 0 Å². The number of rotatable bonds is 3. The Balaban J connectivity index is 1.81. The third-order valence-corrected chi connectivity index (χ3v) is 3.74. The van der Waals surface area contributed by atoms with E-state index in [4.69, 9.17) is 4.74 Å². The van der Waals surface area contributed by atoms with E-state index in [1.807, 2.05) is 24.7 Å². The second kappa shape index (κ2) is 5.86. The van der Waals surface area contributed by atoms with E-state index in [1.54, 1.807) is 0 Å². The highest BCUT2D eigenvalue weighted by molar-refractivity contribution is 9.10. The summed E-state index contributed by atoms with van der Waals surface area (Å²) in [6, 6.07) is 8.63. The van der Waals surface area contributed by atoms with Crippen molar-refractivity contribution < 1.29 is 4.74 Å². The second-order valence-corrected chi connectivity index (χ2v) is 5.58. The van der Waals surface area contributed by atoms with Crippen LogP contribution in [0.4, 0.5) is 0 Å². The second-order valence-electron chi connectivity index (χ2n) is 4.67. The standard InChI is InChI=1S/C14H16BrN3O/c15-12-3-1-2-11(6-12)14-7-16-10-18(14)8-13-9-19-5-4-17-13/h1-3,6-7,10,13,17H,4-5,8-9H2. The smallest absolute Gasteiger partial charge is 0.0951 e. The third-order valence-electron chi connectivity index (χ3n) is 3.25. The van der Waals surface area contributed by atoms with Gasteiger partial charge in [-0.15, -0.1) is 0 Å². The van der Waals surface area contributed by atoms with Gasteiger partial charge in [-0.2, -0.15) is 0 Å². The number of aromatic nitrogens is 2. The van der Waals surface area contributed by atoms with E-state index in [0.29, 0.717) is 6.04 Å². The minimum atomic E-state index is 0.355. The average Bonchev–Trinajstić information content (AvgIpc) is 2.88. The summed E-state index contributed by atoms with van der Waals surface area (Å²) < 4.78 is 8.75. The fourth-order valence-electron chi connectivity index (χ4n) is 2.33. The Kier molecular flexibility index (Phi) is 3.96. The van der Waals surface area contributed by atoms with E-state index in [2.05, 4.69) is 42.9 Å². The van der Waals surface area contributed by atoms with Crippen LogP contribution < -0.4 is 5.32 Å². The molecule has 0 radical (unpaired) electrons. The minimum Gasteiger partial charge on any atom is -0.378 e. The summed E-state index contributed by atoms with van der Waals surface area (Å²) >= 11 is 3.51. The molecule has 5 heteroatoms. The number of nitrogens with one attached hydrogen (secondary N) is 1. The fourth-order valence-corrected chi connectivity index (χ4v) is 2.73. The molecule has 2 heterocycles. The van der Waals surface area contributed by atoms with Gasteiger partial charge >= 0.3 is 0 Å². The molecule has 0 saturated carbocycles. The molecular weight excluding hydrogens is 306 g/mol. The number of nitrogens with zero attached hydrogens (tertiary/aromatic N) is 2. The number of ether oxygens (including phenoxy) is 1. The Bertz CT molecular complexity index is 549. The highest BCUT2D eigenvalue weighted by atomic mass is 79.9. The number of hydrogen-bond donors (Lipinski definition) is 1. The Labute approximate surface area is 120 Å². The fraction of sp³-hybridized carbons (Fsp3) is 0.357. The van der Waals surface area contributed by atoms with Crippen molar-refractivity contribution in [2.75, 3.05) is 19.8 Å². The predicted molar refractivity (Wildman–Crippen MR) is 78.0 cm³/mol. The molecule has 2 aromatic rings. The Morgan fingerprint density at radius 2 is 2.42 bits per heavy atom. The molecule has 0 aliphatic carbocycles. The number of imidazole rings is 1. The SMILES string of the molecule is Brc1cccc(-c2cncn2CC2COCCN2)c1. The van der Waals surface area contributed by atoms with Crippen LogP contribution in [0.15, 0.2) is 41.3 Å². The first-order valence-electron chi connectivity index (χ1n) is 6.40. The summed E-state index contributed by atoms with van der Waals surface area (Å²) in [4.78, 5) is 4.27. The lowest BCUT2D eigenvalue weighted by Gasteiger charge is -2.24. The van der Waals surface area contributed by atoms with Crippen LogP contribution >= 0.6 is 15.9 Å². The third kappa shape index (κ3) is 3.05. The molecule has 1 aliphatic rings. The van der Waals surface area contributed by atoms with Gasteiger partial charge in [0.2, 0.25) is 0 Å². The molecule has 4 nitrogen and oxygen atoms in total. The number of hydrogen-bond acceptors (Lipinski definition) is 3. The molecular formula is C14H16BrN3O. The molecule has 1 aliphatic heterocycles. The quantitative estimate of drug-likeness (QED) is 0.942. The first kappa shape index (κ1) is 12.8. The minimum absolute atomic E-state index is 0.355. The molecule has 19 heavy (non-hydrogen) atoms. The van der Waals surface area contributed by atoms with E-state index < -0.39 is 0 Å². The maximum Gasteiger partial charge on any atom is 0.0951 e.